The summed E-state index contributed by atoms with van der Waals surface area (Å²) in [4.78, 5) is 24.4. The van der Waals surface area contributed by atoms with Gasteiger partial charge in [0, 0.05) is 24.6 Å². The average molecular weight is 332 g/mol. The first-order valence-electron chi connectivity index (χ1n) is 8.54. The molecule has 0 aromatic heterocycles. The first kappa shape index (κ1) is 18.5. The molecular weight excluding hydrogens is 302 g/mol. The van der Waals surface area contributed by atoms with Crippen molar-refractivity contribution in [3.05, 3.63) is 29.3 Å². The van der Waals surface area contributed by atoms with Gasteiger partial charge >= 0.3 is 11.8 Å². The Bertz CT molecular complexity index is 634. The zero-order valence-electron chi connectivity index (χ0n) is 15.6. The third kappa shape index (κ3) is 4.81. The van der Waals surface area contributed by atoms with Crippen molar-refractivity contribution in [3.63, 3.8) is 0 Å². The molecule has 5 heteroatoms. The number of amides is 2. The first-order valence-corrected chi connectivity index (χ1v) is 8.54. The van der Waals surface area contributed by atoms with Gasteiger partial charge < -0.3 is 16.0 Å². The molecule has 4 N–H and O–H groups in total. The van der Waals surface area contributed by atoms with E-state index in [-0.39, 0.29) is 17.1 Å². The van der Waals surface area contributed by atoms with E-state index in [0.29, 0.717) is 5.69 Å². The molecule has 1 aliphatic rings. The molecule has 1 aromatic rings. The fraction of sp³-hybridized carbons (Fsp3) is 0.579. The number of carbonyl (C=O) groups excluding carboxylic acids is 2. The maximum absolute atomic E-state index is 12.3. The number of quaternary nitrogens is 1. The Morgan fingerprint density at radius 2 is 1.58 bits per heavy atom. The Balaban J connectivity index is 1.98. The number of benzene rings is 1. The molecule has 1 aliphatic heterocycles. The Morgan fingerprint density at radius 1 is 1.00 bits per heavy atom. The molecular formula is C19H30N3O2+. The summed E-state index contributed by atoms with van der Waals surface area (Å²) in [6.45, 7) is 12.7. The number of anilines is 1. The largest absolute Gasteiger partial charge is 0.345 e. The normalized spacial score (nSPS) is 19.6. The number of aryl methyl sites for hydroxylation is 2. The van der Waals surface area contributed by atoms with Crippen molar-refractivity contribution in [3.8, 4) is 0 Å². The van der Waals surface area contributed by atoms with E-state index in [4.69, 9.17) is 0 Å². The third-order valence-corrected chi connectivity index (χ3v) is 4.63. The maximum atomic E-state index is 12.3. The van der Waals surface area contributed by atoms with Crippen LogP contribution in [0.4, 0.5) is 5.69 Å². The van der Waals surface area contributed by atoms with Gasteiger partial charge in [-0.15, -0.1) is 0 Å². The van der Waals surface area contributed by atoms with E-state index < -0.39 is 11.8 Å². The van der Waals surface area contributed by atoms with Crippen LogP contribution < -0.4 is 16.0 Å². The molecule has 0 saturated carbocycles. The molecule has 0 unspecified atom stereocenters. The highest BCUT2D eigenvalue weighted by atomic mass is 16.2. The Labute approximate surface area is 144 Å². The molecule has 0 radical (unpaired) electrons. The second-order valence-corrected chi connectivity index (χ2v) is 8.45. The molecule has 0 spiro atoms. The molecule has 132 valence electrons. The van der Waals surface area contributed by atoms with E-state index in [1.54, 1.807) is 0 Å². The molecule has 2 rings (SSSR count). The quantitative estimate of drug-likeness (QED) is 0.720. The van der Waals surface area contributed by atoms with Crippen molar-refractivity contribution in [2.24, 2.45) is 0 Å². The summed E-state index contributed by atoms with van der Waals surface area (Å²) in [5.41, 5.74) is 2.98. The van der Waals surface area contributed by atoms with E-state index in [1.165, 1.54) is 0 Å². The number of rotatable bonds is 2. The lowest BCUT2D eigenvalue weighted by molar-refractivity contribution is -0.787. The van der Waals surface area contributed by atoms with Crippen LogP contribution >= 0.6 is 0 Å². The van der Waals surface area contributed by atoms with Gasteiger partial charge in [-0.05, 0) is 64.8 Å². The number of nitrogens with two attached hydrogens (primary N) is 1. The number of piperidine rings is 1. The second-order valence-electron chi connectivity index (χ2n) is 8.45. The fourth-order valence-corrected chi connectivity index (χ4v) is 3.88. The summed E-state index contributed by atoms with van der Waals surface area (Å²) in [7, 11) is 0. The van der Waals surface area contributed by atoms with Crippen molar-refractivity contribution in [1.29, 1.82) is 0 Å². The summed E-state index contributed by atoms with van der Waals surface area (Å²) in [5.74, 6) is -1.17. The van der Waals surface area contributed by atoms with Gasteiger partial charge in [0.1, 0.15) is 0 Å². The highest BCUT2D eigenvalue weighted by Crippen LogP contribution is 2.21. The minimum atomic E-state index is -0.608. The van der Waals surface area contributed by atoms with Crippen molar-refractivity contribution >= 4 is 17.5 Å². The molecule has 5 nitrogen and oxygen atoms in total. The number of nitrogens with one attached hydrogen (secondary N) is 2. The van der Waals surface area contributed by atoms with Crippen LogP contribution in [0.3, 0.4) is 0 Å². The lowest BCUT2D eigenvalue weighted by Gasteiger charge is -2.43. The summed E-state index contributed by atoms with van der Waals surface area (Å²) >= 11 is 0. The van der Waals surface area contributed by atoms with Crippen LogP contribution in [0.1, 0.15) is 51.7 Å². The predicted octanol–water partition coefficient (Wildman–Crippen LogP) is 1.64. The van der Waals surface area contributed by atoms with Crippen LogP contribution in [0.2, 0.25) is 0 Å². The summed E-state index contributed by atoms with van der Waals surface area (Å²) in [5, 5.41) is 7.93. The van der Waals surface area contributed by atoms with Crippen LogP contribution in [0.5, 0.6) is 0 Å². The summed E-state index contributed by atoms with van der Waals surface area (Å²) in [6, 6.07) is 5.64. The van der Waals surface area contributed by atoms with E-state index in [0.717, 1.165) is 24.0 Å². The lowest BCUT2D eigenvalue weighted by atomic mass is 9.79. The molecule has 2 amide bonds. The van der Waals surface area contributed by atoms with Crippen molar-refractivity contribution in [2.45, 2.75) is 71.5 Å². The Kier molecular flexibility index (Phi) is 5.04. The SMILES string of the molecule is Cc1ccc(NC(=O)C(=O)NC2CC(C)(C)[NH2+]C(C)(C)C2)cc1C. The molecule has 1 heterocycles. The summed E-state index contributed by atoms with van der Waals surface area (Å²) < 4.78 is 0. The van der Waals surface area contributed by atoms with Gasteiger partial charge in [-0.25, -0.2) is 0 Å². The van der Waals surface area contributed by atoms with Gasteiger partial charge in [0.25, 0.3) is 0 Å². The van der Waals surface area contributed by atoms with Crippen molar-refractivity contribution in [1.82, 2.24) is 5.32 Å². The van der Waals surface area contributed by atoms with Crippen LogP contribution in [0.15, 0.2) is 18.2 Å². The predicted molar refractivity (Wildman–Crippen MR) is 95.8 cm³/mol. The summed E-state index contributed by atoms with van der Waals surface area (Å²) in [6.07, 6.45) is 1.69. The van der Waals surface area contributed by atoms with Crippen molar-refractivity contribution in [2.75, 3.05) is 5.32 Å². The highest BCUT2D eigenvalue weighted by Gasteiger charge is 2.42. The number of carbonyl (C=O) groups is 2. The zero-order chi connectivity index (χ0) is 18.1. The fourth-order valence-electron chi connectivity index (χ4n) is 3.88. The van der Waals surface area contributed by atoms with E-state index in [9.17, 15) is 9.59 Å². The highest BCUT2D eigenvalue weighted by molar-refractivity contribution is 6.39. The van der Waals surface area contributed by atoms with Gasteiger partial charge in [0.05, 0.1) is 11.1 Å². The van der Waals surface area contributed by atoms with Gasteiger partial charge in [0.2, 0.25) is 0 Å². The van der Waals surface area contributed by atoms with Gasteiger partial charge in [-0.1, -0.05) is 6.07 Å². The minimum Gasteiger partial charge on any atom is -0.345 e. The van der Waals surface area contributed by atoms with Gasteiger partial charge in [0.15, 0.2) is 0 Å². The first-order chi connectivity index (χ1) is 11.0. The third-order valence-electron chi connectivity index (χ3n) is 4.63. The van der Waals surface area contributed by atoms with Crippen LogP contribution in [-0.2, 0) is 9.59 Å². The van der Waals surface area contributed by atoms with E-state index in [2.05, 4.69) is 43.6 Å². The maximum Gasteiger partial charge on any atom is 0.313 e. The number of hydrogen-bond donors (Lipinski definition) is 3. The van der Waals surface area contributed by atoms with E-state index >= 15 is 0 Å². The molecule has 0 atom stereocenters. The van der Waals surface area contributed by atoms with E-state index in [1.807, 2.05) is 32.0 Å². The molecule has 1 aromatic carbocycles. The van der Waals surface area contributed by atoms with Crippen LogP contribution in [0.25, 0.3) is 0 Å². The van der Waals surface area contributed by atoms with Crippen LogP contribution in [0, 0.1) is 13.8 Å². The monoisotopic (exact) mass is 332 g/mol. The molecule has 1 saturated heterocycles. The Morgan fingerprint density at radius 3 is 2.12 bits per heavy atom. The average Bonchev–Trinajstić information content (AvgIpc) is 2.39. The molecule has 1 fully saturated rings. The second kappa shape index (κ2) is 6.55. The van der Waals surface area contributed by atoms with Crippen molar-refractivity contribution < 1.29 is 14.9 Å². The molecule has 24 heavy (non-hydrogen) atoms. The zero-order valence-corrected chi connectivity index (χ0v) is 15.6. The molecule has 0 aliphatic carbocycles. The topological polar surface area (TPSA) is 74.8 Å². The van der Waals surface area contributed by atoms with Crippen LogP contribution in [-0.4, -0.2) is 28.9 Å². The number of hydrogen-bond acceptors (Lipinski definition) is 2. The smallest absolute Gasteiger partial charge is 0.313 e. The van der Waals surface area contributed by atoms with Gasteiger partial charge in [-0.3, -0.25) is 9.59 Å². The molecule has 0 bridgehead atoms. The standard InChI is InChI=1S/C19H29N3O2/c1-12-7-8-14(9-13(12)2)20-16(23)17(24)21-15-10-18(3,4)22-19(5,6)11-15/h7-9,15,22H,10-11H2,1-6H3,(H,20,23)(H,21,24)/p+1. The van der Waals surface area contributed by atoms with Gasteiger partial charge in [-0.2, -0.15) is 0 Å². The minimum absolute atomic E-state index is 0.0120. The Hall–Kier alpha value is -1.88. The lowest BCUT2D eigenvalue weighted by Crippen LogP contribution is -3.06.